The third kappa shape index (κ3) is 3.60. The number of rotatable bonds is 7. The van der Waals surface area contributed by atoms with Crippen LogP contribution in [0.15, 0.2) is 23.1 Å². The maximum absolute atomic E-state index is 12.3. The molecular weight excluding hydrogens is 286 g/mol. The zero-order valence-electron chi connectivity index (χ0n) is 11.6. The third-order valence-electron chi connectivity index (χ3n) is 2.74. The Labute approximate surface area is 118 Å². The maximum atomic E-state index is 12.3. The second kappa shape index (κ2) is 6.40. The first kappa shape index (κ1) is 16.7. The van der Waals surface area contributed by atoms with Gasteiger partial charge in [-0.15, -0.1) is 0 Å². The van der Waals surface area contributed by atoms with E-state index in [0.29, 0.717) is 5.75 Å². The average Bonchev–Trinajstić information content (AvgIpc) is 2.45. The van der Waals surface area contributed by atoms with E-state index in [9.17, 15) is 8.42 Å². The van der Waals surface area contributed by atoms with Gasteiger partial charge in [0, 0.05) is 6.07 Å². The molecule has 1 aromatic carbocycles. The molecule has 8 heteroatoms. The molecule has 0 aliphatic heterocycles. The number of ether oxygens (including phenoxy) is 2. The van der Waals surface area contributed by atoms with Crippen molar-refractivity contribution in [1.82, 2.24) is 4.72 Å². The first-order chi connectivity index (χ1) is 9.31. The van der Waals surface area contributed by atoms with Gasteiger partial charge in [-0.1, -0.05) is 0 Å². The standard InChI is InChI=1S/C12H19NO6S/c1-12(7-14,8-15)13-20(16,17)11-5-4-9(18-2)6-10(11)19-3/h4-6,13-15H,7-8H2,1-3H3. The van der Waals surface area contributed by atoms with Crippen molar-refractivity contribution >= 4 is 10.0 Å². The number of methoxy groups -OCH3 is 2. The molecule has 0 saturated carbocycles. The molecule has 0 saturated heterocycles. The second-order valence-corrected chi connectivity index (χ2v) is 6.15. The largest absolute Gasteiger partial charge is 0.497 e. The number of nitrogens with one attached hydrogen (secondary N) is 1. The van der Waals surface area contributed by atoms with Crippen LogP contribution in [0.4, 0.5) is 0 Å². The smallest absolute Gasteiger partial charge is 0.244 e. The van der Waals surface area contributed by atoms with Crippen LogP contribution in [0, 0.1) is 0 Å². The molecule has 7 nitrogen and oxygen atoms in total. The molecule has 1 rings (SSSR count). The molecule has 0 atom stereocenters. The molecule has 3 N–H and O–H groups in total. The molecule has 0 bridgehead atoms. The number of aliphatic hydroxyl groups excluding tert-OH is 2. The van der Waals surface area contributed by atoms with E-state index in [1.54, 1.807) is 0 Å². The SMILES string of the molecule is COc1ccc(S(=O)(=O)NC(C)(CO)CO)c(OC)c1. The van der Waals surface area contributed by atoms with Gasteiger partial charge in [0.2, 0.25) is 10.0 Å². The van der Waals surface area contributed by atoms with Crippen molar-refractivity contribution in [3.8, 4) is 11.5 Å². The van der Waals surface area contributed by atoms with Gasteiger partial charge in [-0.05, 0) is 19.1 Å². The van der Waals surface area contributed by atoms with Crippen molar-refractivity contribution < 1.29 is 28.1 Å². The van der Waals surface area contributed by atoms with Crippen LogP contribution < -0.4 is 14.2 Å². The Kier molecular flexibility index (Phi) is 5.35. The highest BCUT2D eigenvalue weighted by Gasteiger charge is 2.31. The molecule has 0 fully saturated rings. The van der Waals surface area contributed by atoms with Crippen molar-refractivity contribution in [3.63, 3.8) is 0 Å². The van der Waals surface area contributed by atoms with Crippen LogP contribution in [-0.2, 0) is 10.0 Å². The second-order valence-electron chi connectivity index (χ2n) is 4.50. The van der Waals surface area contributed by atoms with Gasteiger partial charge in [0.1, 0.15) is 16.4 Å². The molecule has 0 spiro atoms. The maximum Gasteiger partial charge on any atom is 0.244 e. The Morgan fingerprint density at radius 1 is 1.20 bits per heavy atom. The van der Waals surface area contributed by atoms with E-state index in [0.717, 1.165) is 0 Å². The van der Waals surface area contributed by atoms with Crippen LogP contribution in [0.2, 0.25) is 0 Å². The van der Waals surface area contributed by atoms with Crippen LogP contribution in [0.1, 0.15) is 6.92 Å². The fourth-order valence-corrected chi connectivity index (χ4v) is 3.03. The van der Waals surface area contributed by atoms with E-state index in [1.807, 2.05) is 0 Å². The number of sulfonamides is 1. The van der Waals surface area contributed by atoms with Gasteiger partial charge in [-0.2, -0.15) is 0 Å². The summed E-state index contributed by atoms with van der Waals surface area (Å²) in [5.74, 6) is 0.558. The Morgan fingerprint density at radius 3 is 2.25 bits per heavy atom. The number of aliphatic hydroxyl groups is 2. The van der Waals surface area contributed by atoms with E-state index in [2.05, 4.69) is 4.72 Å². The van der Waals surface area contributed by atoms with Crippen molar-refractivity contribution in [3.05, 3.63) is 18.2 Å². The summed E-state index contributed by atoms with van der Waals surface area (Å²) in [5.41, 5.74) is -1.36. The highest BCUT2D eigenvalue weighted by atomic mass is 32.2. The summed E-state index contributed by atoms with van der Waals surface area (Å²) >= 11 is 0. The third-order valence-corrected chi connectivity index (χ3v) is 4.42. The van der Waals surface area contributed by atoms with E-state index < -0.39 is 28.8 Å². The molecule has 1 aromatic rings. The fourth-order valence-electron chi connectivity index (χ4n) is 1.49. The van der Waals surface area contributed by atoms with E-state index >= 15 is 0 Å². The lowest BCUT2D eigenvalue weighted by molar-refractivity contribution is 0.121. The molecule has 20 heavy (non-hydrogen) atoms. The van der Waals surface area contributed by atoms with Crippen molar-refractivity contribution in [2.24, 2.45) is 0 Å². The highest BCUT2D eigenvalue weighted by Crippen LogP contribution is 2.28. The molecule has 114 valence electrons. The normalized spacial score (nSPS) is 12.2. The zero-order chi connectivity index (χ0) is 15.4. The average molecular weight is 305 g/mol. The molecule has 0 aliphatic carbocycles. The summed E-state index contributed by atoms with van der Waals surface area (Å²) in [6.07, 6.45) is 0. The van der Waals surface area contributed by atoms with Gasteiger partial charge in [-0.25, -0.2) is 13.1 Å². The minimum Gasteiger partial charge on any atom is -0.497 e. The zero-order valence-corrected chi connectivity index (χ0v) is 12.4. The monoisotopic (exact) mass is 305 g/mol. The summed E-state index contributed by atoms with van der Waals surface area (Å²) in [4.78, 5) is -0.103. The summed E-state index contributed by atoms with van der Waals surface area (Å²) < 4.78 is 36.9. The van der Waals surface area contributed by atoms with Crippen LogP contribution >= 0.6 is 0 Å². The number of benzene rings is 1. The minimum absolute atomic E-state index is 0.103. The van der Waals surface area contributed by atoms with E-state index in [1.165, 1.54) is 39.3 Å². The molecule has 0 amide bonds. The quantitative estimate of drug-likeness (QED) is 0.640. The van der Waals surface area contributed by atoms with Crippen LogP contribution in [0.3, 0.4) is 0 Å². The molecule has 0 heterocycles. The number of hydrogen-bond acceptors (Lipinski definition) is 6. The van der Waals surface area contributed by atoms with Gasteiger partial charge in [-0.3, -0.25) is 0 Å². The molecular formula is C12H19NO6S. The molecule has 0 aliphatic rings. The summed E-state index contributed by atoms with van der Waals surface area (Å²) in [6, 6.07) is 4.24. The number of hydrogen-bond donors (Lipinski definition) is 3. The van der Waals surface area contributed by atoms with Crippen LogP contribution in [-0.4, -0.2) is 51.6 Å². The summed E-state index contributed by atoms with van der Waals surface area (Å²) in [6.45, 7) is 0.308. The Bertz CT molecular complexity index is 553. The molecule has 0 aromatic heterocycles. The Morgan fingerprint density at radius 2 is 1.80 bits per heavy atom. The van der Waals surface area contributed by atoms with Gasteiger partial charge in [0.15, 0.2) is 0 Å². The van der Waals surface area contributed by atoms with Gasteiger partial charge < -0.3 is 19.7 Å². The predicted molar refractivity (Wildman–Crippen MR) is 72.4 cm³/mol. The first-order valence-corrected chi connectivity index (χ1v) is 7.28. The van der Waals surface area contributed by atoms with Crippen molar-refractivity contribution in [2.75, 3.05) is 27.4 Å². The Hall–Kier alpha value is -1.35. The van der Waals surface area contributed by atoms with Crippen molar-refractivity contribution in [1.29, 1.82) is 0 Å². The molecule has 0 radical (unpaired) electrons. The summed E-state index contributed by atoms with van der Waals surface area (Å²) in [7, 11) is -1.17. The molecule has 0 unspecified atom stereocenters. The van der Waals surface area contributed by atoms with Crippen molar-refractivity contribution in [2.45, 2.75) is 17.4 Å². The van der Waals surface area contributed by atoms with Crippen LogP contribution in [0.5, 0.6) is 11.5 Å². The highest BCUT2D eigenvalue weighted by molar-refractivity contribution is 7.89. The van der Waals surface area contributed by atoms with E-state index in [-0.39, 0.29) is 10.6 Å². The fraction of sp³-hybridized carbons (Fsp3) is 0.500. The lowest BCUT2D eigenvalue weighted by Gasteiger charge is -2.26. The lowest BCUT2D eigenvalue weighted by Crippen LogP contribution is -2.51. The van der Waals surface area contributed by atoms with Gasteiger partial charge >= 0.3 is 0 Å². The predicted octanol–water partition coefficient (Wildman–Crippen LogP) is -0.275. The van der Waals surface area contributed by atoms with E-state index in [4.69, 9.17) is 19.7 Å². The minimum atomic E-state index is -3.96. The summed E-state index contributed by atoms with van der Waals surface area (Å²) in [5, 5.41) is 18.3. The van der Waals surface area contributed by atoms with Gasteiger partial charge in [0.05, 0.1) is 33.0 Å². The first-order valence-electron chi connectivity index (χ1n) is 5.79. The van der Waals surface area contributed by atoms with Crippen LogP contribution in [0.25, 0.3) is 0 Å². The van der Waals surface area contributed by atoms with Gasteiger partial charge in [0.25, 0.3) is 0 Å². The Balaban J connectivity index is 3.22. The topological polar surface area (TPSA) is 105 Å². The lowest BCUT2D eigenvalue weighted by atomic mass is 10.1.